The summed E-state index contributed by atoms with van der Waals surface area (Å²) in [5.74, 6) is 0. The summed E-state index contributed by atoms with van der Waals surface area (Å²) in [6, 6.07) is 0. The van der Waals surface area contributed by atoms with Crippen LogP contribution in [0.1, 0.15) is 0 Å². The van der Waals surface area contributed by atoms with E-state index in [0.29, 0.717) is 0 Å². The van der Waals surface area contributed by atoms with Crippen molar-refractivity contribution in [3.8, 4) is 0 Å². The first-order valence-electron chi connectivity index (χ1n) is 0.651. The molecule has 0 amide bonds. The second-order valence-electron chi connectivity index (χ2n) is 0.283. The van der Waals surface area contributed by atoms with Crippen LogP contribution in [0.2, 0.25) is 0 Å². The van der Waals surface area contributed by atoms with Crippen molar-refractivity contribution >= 4 is 93.9 Å². The molecule has 0 atom stereocenters. The van der Waals surface area contributed by atoms with E-state index in [-0.39, 0.29) is 92.5 Å². The summed E-state index contributed by atoms with van der Waals surface area (Å²) in [6.07, 6.45) is -1.83. The minimum atomic E-state index is -1.83. The molecule has 0 aliphatic carbocycles. The van der Waals surface area contributed by atoms with Crippen molar-refractivity contribution in [2.24, 2.45) is 0 Å². The van der Waals surface area contributed by atoms with Crippen molar-refractivity contribution in [1.29, 1.82) is 0 Å². The van der Waals surface area contributed by atoms with Gasteiger partial charge in [0.2, 0.25) is 0 Å². The number of carboxylic acid groups (broad SMARTS) is 2. The molecule has 0 spiro atoms. The molecule has 0 rings (SSSR count). The van der Waals surface area contributed by atoms with Gasteiger partial charge in [-0.25, -0.2) is 4.79 Å². The third-order valence-electron chi connectivity index (χ3n) is 0. The topological polar surface area (TPSA) is 57.5 Å². The average molecular weight is 224 g/mol. The summed E-state index contributed by atoms with van der Waals surface area (Å²) in [7, 11) is 0. The molecule has 0 saturated heterocycles. The summed E-state index contributed by atoms with van der Waals surface area (Å²) >= 11 is 0. The van der Waals surface area contributed by atoms with Gasteiger partial charge in [0, 0.05) is 0 Å². The van der Waals surface area contributed by atoms with E-state index in [4.69, 9.17) is 15.0 Å². The van der Waals surface area contributed by atoms with Gasteiger partial charge in [0.15, 0.2) is 0 Å². The second kappa shape index (κ2) is 15.7. The Balaban J connectivity index is -0.0000000150. The predicted octanol–water partition coefficient (Wildman–Crippen LogP) is -0.922. The predicted molar refractivity (Wildman–Crippen MR) is 27.5 cm³/mol. The number of hydrogen-bond acceptors (Lipinski definition) is 1. The van der Waals surface area contributed by atoms with Gasteiger partial charge in [0.05, 0.1) is 0 Å². The zero-order chi connectivity index (χ0) is 3.58. The van der Waals surface area contributed by atoms with Gasteiger partial charge in [-0.1, -0.05) is 0 Å². The van der Waals surface area contributed by atoms with E-state index in [1.807, 2.05) is 0 Å². The van der Waals surface area contributed by atoms with Crippen molar-refractivity contribution in [2.45, 2.75) is 0 Å². The summed E-state index contributed by atoms with van der Waals surface area (Å²) in [6.45, 7) is 0. The fraction of sp³-hybridized carbons (Fsp3) is 0. The van der Waals surface area contributed by atoms with Crippen molar-refractivity contribution in [2.75, 3.05) is 0 Å². The molecule has 0 bridgehead atoms. The monoisotopic (exact) mass is 224 g/mol. The number of rotatable bonds is 0. The van der Waals surface area contributed by atoms with Crippen LogP contribution in [0.3, 0.4) is 0 Å². The maximum absolute atomic E-state index is 8.56. The molecule has 0 saturated carbocycles. The molecule has 0 aromatic rings. The number of halogens is 1. The van der Waals surface area contributed by atoms with Crippen molar-refractivity contribution < 1.29 is 19.7 Å². The van der Waals surface area contributed by atoms with Crippen LogP contribution >= 0.6 is 0 Å². The number of carbonyl (C=O) groups is 1. The molecular formula is CH5CsFLiO3. The Bertz CT molecular complexity index is 37.9. The maximum atomic E-state index is 8.56. The zero-order valence-corrected chi connectivity index (χ0v) is 2.21. The van der Waals surface area contributed by atoms with Crippen LogP contribution in [0.25, 0.3) is 0 Å². The fourth-order valence-corrected chi connectivity index (χ4v) is 0. The molecule has 0 aliphatic heterocycles. The fourth-order valence-electron chi connectivity index (χ4n) is 0. The van der Waals surface area contributed by atoms with Crippen LogP contribution in [-0.4, -0.2) is 104 Å². The van der Waals surface area contributed by atoms with E-state index in [0.717, 1.165) is 0 Å². The first kappa shape index (κ1) is 23.2. The molecule has 7 heavy (non-hydrogen) atoms. The van der Waals surface area contributed by atoms with Crippen LogP contribution in [0.4, 0.5) is 9.50 Å². The summed E-state index contributed by atoms with van der Waals surface area (Å²) in [5.41, 5.74) is 0. The number of hydrogen-bond donors (Lipinski definition) is 2. The van der Waals surface area contributed by atoms with Crippen LogP contribution < -0.4 is 0 Å². The van der Waals surface area contributed by atoms with E-state index in [2.05, 4.69) is 0 Å². The molecule has 0 heterocycles. The van der Waals surface area contributed by atoms with Gasteiger partial charge in [-0.05, 0) is 0 Å². The first-order chi connectivity index (χ1) is 1.73. The van der Waals surface area contributed by atoms with Gasteiger partial charge in [-0.15, -0.1) is 0 Å². The average Bonchev–Trinajstić information content (AvgIpc) is 0.811. The Morgan fingerprint density at radius 2 is 1.29 bits per heavy atom. The zero-order valence-electron chi connectivity index (χ0n) is 2.21. The van der Waals surface area contributed by atoms with Crippen molar-refractivity contribution in [1.82, 2.24) is 0 Å². The van der Waals surface area contributed by atoms with Crippen LogP contribution in [0.5, 0.6) is 0 Å². The SMILES string of the molecule is F.O=C(O)O.[CsH].[LiH]. The molecule has 3 nitrogen and oxygen atoms in total. The van der Waals surface area contributed by atoms with Crippen LogP contribution in [0.15, 0.2) is 0 Å². The van der Waals surface area contributed by atoms with E-state index in [9.17, 15) is 0 Å². The minimum absolute atomic E-state index is 0. The molecule has 0 aromatic heterocycles. The van der Waals surface area contributed by atoms with Gasteiger partial charge in [-0.3, -0.25) is 4.70 Å². The molecule has 0 fully saturated rings. The Hall–Kier alpha value is 1.85. The summed E-state index contributed by atoms with van der Waals surface area (Å²) < 4.78 is 0. The molecular weight excluding hydrogens is 219 g/mol. The molecule has 0 aromatic carbocycles. The third-order valence-corrected chi connectivity index (χ3v) is 0. The standard InChI is InChI=1S/CH2O3.Cs.FH.Li.2H/c2-1(3)4;;;;;/h(H2,2,3,4);;1H;;;. The van der Waals surface area contributed by atoms with Gasteiger partial charge in [0.1, 0.15) is 0 Å². The molecule has 0 unspecified atom stereocenters. The van der Waals surface area contributed by atoms with E-state index < -0.39 is 6.16 Å². The van der Waals surface area contributed by atoms with E-state index in [1.165, 1.54) is 0 Å². The van der Waals surface area contributed by atoms with Crippen LogP contribution in [-0.2, 0) is 0 Å². The second-order valence-corrected chi connectivity index (χ2v) is 0.283. The van der Waals surface area contributed by atoms with Gasteiger partial charge >= 0.3 is 93.9 Å². The van der Waals surface area contributed by atoms with Gasteiger partial charge in [0.25, 0.3) is 0 Å². The third kappa shape index (κ3) is 78.5. The molecule has 36 valence electrons. The Morgan fingerprint density at radius 3 is 1.29 bits per heavy atom. The Kier molecular flexibility index (Phi) is 51.9. The Morgan fingerprint density at radius 1 is 1.29 bits per heavy atom. The Labute approximate surface area is 111 Å². The molecule has 0 aliphatic rings. The molecule has 2 N–H and O–H groups in total. The van der Waals surface area contributed by atoms with Crippen molar-refractivity contribution in [3.05, 3.63) is 0 Å². The summed E-state index contributed by atoms with van der Waals surface area (Å²) in [5, 5.41) is 13.9. The molecule has 6 heteroatoms. The van der Waals surface area contributed by atoms with E-state index in [1.54, 1.807) is 0 Å². The van der Waals surface area contributed by atoms with Crippen molar-refractivity contribution in [3.63, 3.8) is 0 Å². The van der Waals surface area contributed by atoms with E-state index >= 15 is 0 Å². The van der Waals surface area contributed by atoms with Gasteiger partial charge in [-0.2, -0.15) is 0 Å². The normalized spacial score (nSPS) is 3.43. The van der Waals surface area contributed by atoms with Gasteiger partial charge < -0.3 is 10.2 Å². The molecule has 0 radical (unpaired) electrons. The first-order valence-corrected chi connectivity index (χ1v) is 0.651. The quantitative estimate of drug-likeness (QED) is 0.523. The van der Waals surface area contributed by atoms with Crippen LogP contribution in [0, 0.1) is 0 Å². The summed E-state index contributed by atoms with van der Waals surface area (Å²) in [4.78, 5) is 8.56.